The lowest BCUT2D eigenvalue weighted by atomic mass is 9.78. The second-order valence-electron chi connectivity index (χ2n) is 6.24. The molecule has 0 aliphatic carbocycles. The standard InChI is InChI=1S/C16H21ClN2O3S/c1-22-9-8-18-6-2-4-16(15(18)21)5-7-19(11-16)14(20)13-12(17)3-10-23-13/h3,10H,2,4-9,11H2,1H3/t16-/m1/s1. The minimum atomic E-state index is -0.411. The van der Waals surface area contributed by atoms with Crippen LogP contribution in [0.25, 0.3) is 0 Å². The summed E-state index contributed by atoms with van der Waals surface area (Å²) < 4.78 is 5.09. The summed E-state index contributed by atoms with van der Waals surface area (Å²) in [5.41, 5.74) is -0.411. The van der Waals surface area contributed by atoms with Gasteiger partial charge in [-0.1, -0.05) is 11.6 Å². The fraction of sp³-hybridized carbons (Fsp3) is 0.625. The number of carbonyl (C=O) groups is 2. The monoisotopic (exact) mass is 356 g/mol. The van der Waals surface area contributed by atoms with Crippen molar-refractivity contribution < 1.29 is 14.3 Å². The number of hydrogen-bond donors (Lipinski definition) is 0. The van der Waals surface area contributed by atoms with Crippen LogP contribution in [0.4, 0.5) is 0 Å². The Balaban J connectivity index is 1.71. The minimum absolute atomic E-state index is 0.0521. The summed E-state index contributed by atoms with van der Waals surface area (Å²) in [5.74, 6) is 0.122. The Kier molecular flexibility index (Phi) is 4.94. The first-order chi connectivity index (χ1) is 11.1. The molecule has 1 aromatic heterocycles. The van der Waals surface area contributed by atoms with Crippen molar-refractivity contribution in [1.29, 1.82) is 0 Å². The van der Waals surface area contributed by atoms with Gasteiger partial charge in [0.1, 0.15) is 4.88 Å². The lowest BCUT2D eigenvalue weighted by Gasteiger charge is -2.39. The third-order valence-electron chi connectivity index (χ3n) is 4.84. The predicted molar refractivity (Wildman–Crippen MR) is 90.0 cm³/mol. The summed E-state index contributed by atoms with van der Waals surface area (Å²) in [4.78, 5) is 29.8. The van der Waals surface area contributed by atoms with Crippen LogP contribution in [0.5, 0.6) is 0 Å². The molecule has 0 unspecified atom stereocenters. The first-order valence-corrected chi connectivity index (χ1v) is 9.14. The molecule has 0 radical (unpaired) electrons. The molecule has 2 aliphatic rings. The van der Waals surface area contributed by atoms with Crippen molar-refractivity contribution in [3.05, 3.63) is 21.3 Å². The number of halogens is 1. The lowest BCUT2D eigenvalue weighted by Crippen LogP contribution is -2.51. The molecule has 3 heterocycles. The van der Waals surface area contributed by atoms with Crippen molar-refractivity contribution in [3.8, 4) is 0 Å². The van der Waals surface area contributed by atoms with Gasteiger partial charge in [0, 0.05) is 33.3 Å². The van der Waals surface area contributed by atoms with Gasteiger partial charge in [0.15, 0.2) is 0 Å². The molecule has 23 heavy (non-hydrogen) atoms. The highest BCUT2D eigenvalue weighted by Crippen LogP contribution is 2.41. The van der Waals surface area contributed by atoms with Gasteiger partial charge in [-0.2, -0.15) is 0 Å². The summed E-state index contributed by atoms with van der Waals surface area (Å²) in [7, 11) is 1.64. The van der Waals surface area contributed by atoms with E-state index in [1.165, 1.54) is 11.3 Å². The highest BCUT2D eigenvalue weighted by Gasteiger charge is 2.49. The molecule has 7 heteroatoms. The Hall–Kier alpha value is -1.11. The summed E-state index contributed by atoms with van der Waals surface area (Å²) >= 11 is 7.43. The van der Waals surface area contributed by atoms with E-state index in [0.717, 1.165) is 25.8 Å². The summed E-state index contributed by atoms with van der Waals surface area (Å²) in [5, 5.41) is 2.32. The second-order valence-corrected chi connectivity index (χ2v) is 7.57. The molecule has 2 amide bonds. The SMILES string of the molecule is COCCN1CCC[C@]2(CCN(C(=O)c3sccc3Cl)C2)C1=O. The minimum Gasteiger partial charge on any atom is -0.383 e. The molecule has 0 bridgehead atoms. The molecule has 1 aromatic rings. The molecule has 0 saturated carbocycles. The van der Waals surface area contributed by atoms with Crippen LogP contribution in [-0.2, 0) is 9.53 Å². The maximum Gasteiger partial charge on any atom is 0.265 e. The number of rotatable bonds is 4. The van der Waals surface area contributed by atoms with E-state index in [2.05, 4.69) is 0 Å². The van der Waals surface area contributed by atoms with Crippen molar-refractivity contribution in [2.75, 3.05) is 39.9 Å². The molecule has 0 N–H and O–H groups in total. The van der Waals surface area contributed by atoms with Gasteiger partial charge >= 0.3 is 0 Å². The smallest absolute Gasteiger partial charge is 0.265 e. The number of amides is 2. The van der Waals surface area contributed by atoms with Crippen LogP contribution in [0.1, 0.15) is 28.9 Å². The number of piperidine rings is 1. The molecule has 2 saturated heterocycles. The average molecular weight is 357 g/mol. The van der Waals surface area contributed by atoms with E-state index in [-0.39, 0.29) is 11.8 Å². The van der Waals surface area contributed by atoms with Crippen LogP contribution in [0.3, 0.4) is 0 Å². The second kappa shape index (κ2) is 6.79. The van der Waals surface area contributed by atoms with Crippen LogP contribution in [0.15, 0.2) is 11.4 Å². The van der Waals surface area contributed by atoms with Crippen LogP contribution < -0.4 is 0 Å². The molecule has 1 spiro atoms. The van der Waals surface area contributed by atoms with Gasteiger partial charge in [0.25, 0.3) is 5.91 Å². The van der Waals surface area contributed by atoms with Crippen molar-refractivity contribution in [3.63, 3.8) is 0 Å². The number of thiophene rings is 1. The van der Waals surface area contributed by atoms with Crippen LogP contribution in [0, 0.1) is 5.41 Å². The van der Waals surface area contributed by atoms with Crippen LogP contribution in [-0.4, -0.2) is 61.5 Å². The van der Waals surface area contributed by atoms with Gasteiger partial charge in [0.2, 0.25) is 5.91 Å². The lowest BCUT2D eigenvalue weighted by molar-refractivity contribution is -0.146. The molecule has 2 aliphatic heterocycles. The first-order valence-electron chi connectivity index (χ1n) is 7.88. The maximum atomic E-state index is 12.9. The number of carbonyl (C=O) groups excluding carboxylic acids is 2. The topological polar surface area (TPSA) is 49.9 Å². The Morgan fingerprint density at radius 3 is 2.96 bits per heavy atom. The van der Waals surface area contributed by atoms with Crippen LogP contribution in [0.2, 0.25) is 5.02 Å². The van der Waals surface area contributed by atoms with Crippen molar-refractivity contribution >= 4 is 34.8 Å². The number of likely N-dealkylation sites (tertiary alicyclic amines) is 2. The van der Waals surface area contributed by atoms with E-state index in [1.54, 1.807) is 18.1 Å². The Labute approximate surface area is 145 Å². The van der Waals surface area contributed by atoms with E-state index >= 15 is 0 Å². The largest absolute Gasteiger partial charge is 0.383 e. The summed E-state index contributed by atoms with van der Waals surface area (Å²) in [6.45, 7) is 3.09. The van der Waals surface area contributed by atoms with Gasteiger partial charge in [-0.3, -0.25) is 9.59 Å². The molecule has 0 aromatic carbocycles. The van der Waals surface area contributed by atoms with Gasteiger partial charge in [-0.05, 0) is 30.7 Å². The molecular weight excluding hydrogens is 336 g/mol. The zero-order valence-corrected chi connectivity index (χ0v) is 14.8. The van der Waals surface area contributed by atoms with E-state index < -0.39 is 5.41 Å². The number of methoxy groups -OCH3 is 1. The molecule has 5 nitrogen and oxygen atoms in total. The van der Waals surface area contributed by atoms with E-state index in [0.29, 0.717) is 36.1 Å². The zero-order chi connectivity index (χ0) is 16.4. The normalized spacial score (nSPS) is 24.7. The third-order valence-corrected chi connectivity index (χ3v) is 6.17. The number of nitrogens with zero attached hydrogens (tertiary/aromatic N) is 2. The van der Waals surface area contributed by atoms with E-state index in [4.69, 9.17) is 16.3 Å². The van der Waals surface area contributed by atoms with Gasteiger partial charge in [0.05, 0.1) is 17.0 Å². The zero-order valence-electron chi connectivity index (χ0n) is 13.2. The Morgan fingerprint density at radius 1 is 1.43 bits per heavy atom. The summed E-state index contributed by atoms with van der Waals surface area (Å²) in [6, 6.07) is 1.74. The van der Waals surface area contributed by atoms with Crippen molar-refractivity contribution in [2.45, 2.75) is 19.3 Å². The van der Waals surface area contributed by atoms with Gasteiger partial charge in [-0.15, -0.1) is 11.3 Å². The third kappa shape index (κ3) is 3.12. The summed E-state index contributed by atoms with van der Waals surface area (Å²) in [6.07, 6.45) is 2.58. The maximum absolute atomic E-state index is 12.9. The van der Waals surface area contributed by atoms with Gasteiger partial charge in [-0.25, -0.2) is 0 Å². The van der Waals surface area contributed by atoms with Crippen LogP contribution >= 0.6 is 22.9 Å². The highest BCUT2D eigenvalue weighted by atomic mass is 35.5. The predicted octanol–water partition coefficient (Wildman–Crippen LogP) is 2.50. The quantitative estimate of drug-likeness (QED) is 0.832. The highest BCUT2D eigenvalue weighted by molar-refractivity contribution is 7.12. The van der Waals surface area contributed by atoms with Gasteiger partial charge < -0.3 is 14.5 Å². The number of ether oxygens (including phenoxy) is 1. The fourth-order valence-corrected chi connectivity index (χ4v) is 4.68. The molecular formula is C16H21ClN2O3S. The average Bonchev–Trinajstić information content (AvgIpc) is 3.16. The number of hydrogen-bond acceptors (Lipinski definition) is 4. The first kappa shape index (κ1) is 16.7. The van der Waals surface area contributed by atoms with E-state index in [9.17, 15) is 9.59 Å². The Bertz CT molecular complexity index is 606. The molecule has 2 fully saturated rings. The molecule has 126 valence electrons. The Morgan fingerprint density at radius 2 is 2.26 bits per heavy atom. The van der Waals surface area contributed by atoms with E-state index in [1.807, 2.05) is 10.3 Å². The van der Waals surface area contributed by atoms with Crippen molar-refractivity contribution in [2.24, 2.45) is 5.41 Å². The fourth-order valence-electron chi connectivity index (χ4n) is 3.58. The molecule has 3 rings (SSSR count). The van der Waals surface area contributed by atoms with Crippen molar-refractivity contribution in [1.82, 2.24) is 9.80 Å². The molecule has 1 atom stereocenters.